The average molecular weight is 450 g/mol. The molecule has 2 aliphatic rings. The van der Waals surface area contributed by atoms with E-state index >= 15 is 0 Å². The summed E-state index contributed by atoms with van der Waals surface area (Å²) in [5.41, 5.74) is 4.44. The smallest absolute Gasteiger partial charge is 0.235 e. The summed E-state index contributed by atoms with van der Waals surface area (Å²) >= 11 is 6.56. The topological polar surface area (TPSA) is 47.6 Å². The second-order valence-corrected chi connectivity index (χ2v) is 8.95. The molecule has 1 aliphatic heterocycles. The Morgan fingerprint density at radius 3 is 2.47 bits per heavy atom. The number of hydrogen-bond donors (Lipinski definition) is 1. The van der Waals surface area contributed by atoms with E-state index in [4.69, 9.17) is 21.1 Å². The van der Waals surface area contributed by atoms with Gasteiger partial charge in [0, 0.05) is 16.3 Å². The monoisotopic (exact) mass is 449 g/mol. The van der Waals surface area contributed by atoms with E-state index in [0.29, 0.717) is 16.7 Å². The van der Waals surface area contributed by atoms with Crippen molar-refractivity contribution >= 4 is 23.2 Å². The zero-order valence-corrected chi connectivity index (χ0v) is 18.3. The SMILES string of the molecule is C.CC(C)c1ccccc1-c1cc(NC(=O)C2(c3ccc4c(c3)OCO4)CC2)ccc1Cl. The maximum absolute atomic E-state index is 13.3. The van der Waals surface area contributed by atoms with Gasteiger partial charge in [0.15, 0.2) is 11.5 Å². The lowest BCUT2D eigenvalue weighted by molar-refractivity contribution is -0.118. The number of amides is 1. The van der Waals surface area contributed by atoms with Gasteiger partial charge >= 0.3 is 0 Å². The van der Waals surface area contributed by atoms with Crippen molar-refractivity contribution < 1.29 is 14.3 Å². The van der Waals surface area contributed by atoms with Crippen molar-refractivity contribution in [2.45, 2.75) is 45.4 Å². The minimum absolute atomic E-state index is 0. The molecule has 0 atom stereocenters. The van der Waals surface area contributed by atoms with Crippen molar-refractivity contribution in [3.05, 3.63) is 76.8 Å². The lowest BCUT2D eigenvalue weighted by atomic mass is 9.92. The van der Waals surface area contributed by atoms with E-state index in [1.807, 2.05) is 48.5 Å². The van der Waals surface area contributed by atoms with E-state index in [2.05, 4.69) is 31.3 Å². The summed E-state index contributed by atoms with van der Waals surface area (Å²) < 4.78 is 10.9. The van der Waals surface area contributed by atoms with E-state index < -0.39 is 5.41 Å². The summed E-state index contributed by atoms with van der Waals surface area (Å²) in [6.45, 7) is 4.56. The molecule has 0 bridgehead atoms. The summed E-state index contributed by atoms with van der Waals surface area (Å²) in [4.78, 5) is 13.3. The molecule has 0 unspecified atom stereocenters. The first-order chi connectivity index (χ1) is 15.0. The fraction of sp³-hybridized carbons (Fsp3) is 0.296. The predicted molar refractivity (Wildman–Crippen MR) is 130 cm³/mol. The normalized spacial score (nSPS) is 15.2. The Hall–Kier alpha value is -2.98. The summed E-state index contributed by atoms with van der Waals surface area (Å²) in [7, 11) is 0. The van der Waals surface area contributed by atoms with Gasteiger partial charge in [0.2, 0.25) is 12.7 Å². The predicted octanol–water partition coefficient (Wildman–Crippen LogP) is 7.17. The molecule has 166 valence electrons. The van der Waals surface area contributed by atoms with Crippen LogP contribution in [-0.2, 0) is 10.2 Å². The highest BCUT2D eigenvalue weighted by atomic mass is 35.5. The number of hydrogen-bond acceptors (Lipinski definition) is 3. The van der Waals surface area contributed by atoms with E-state index in [1.54, 1.807) is 0 Å². The van der Waals surface area contributed by atoms with Crippen molar-refractivity contribution in [3.8, 4) is 22.6 Å². The molecule has 0 aromatic heterocycles. The quantitative estimate of drug-likeness (QED) is 0.449. The number of carbonyl (C=O) groups excluding carboxylic acids is 1. The molecular formula is C27H28ClNO3. The van der Waals surface area contributed by atoms with Gasteiger partial charge in [0.05, 0.1) is 5.41 Å². The number of halogens is 1. The maximum atomic E-state index is 13.3. The first-order valence-corrected chi connectivity index (χ1v) is 11.0. The molecule has 32 heavy (non-hydrogen) atoms. The largest absolute Gasteiger partial charge is 0.454 e. The molecule has 5 rings (SSSR count). The maximum Gasteiger partial charge on any atom is 0.235 e. The molecule has 0 radical (unpaired) electrons. The fourth-order valence-corrected chi connectivity index (χ4v) is 4.49. The lowest BCUT2D eigenvalue weighted by Crippen LogP contribution is -2.27. The van der Waals surface area contributed by atoms with Crippen LogP contribution in [0.2, 0.25) is 5.02 Å². The van der Waals surface area contributed by atoms with Crippen LogP contribution in [0.1, 0.15) is 51.2 Å². The van der Waals surface area contributed by atoms with Crippen molar-refractivity contribution in [1.82, 2.24) is 0 Å². The molecule has 0 saturated heterocycles. The number of fused-ring (bicyclic) bond motifs is 1. The number of anilines is 1. The minimum atomic E-state index is -0.517. The summed E-state index contributed by atoms with van der Waals surface area (Å²) in [6, 6.07) is 19.7. The molecule has 1 aliphatic carbocycles. The van der Waals surface area contributed by atoms with Crippen LogP contribution in [0.25, 0.3) is 11.1 Å². The van der Waals surface area contributed by atoms with Gasteiger partial charge in [-0.1, -0.05) is 63.2 Å². The third-order valence-corrected chi connectivity index (χ3v) is 6.54. The minimum Gasteiger partial charge on any atom is -0.454 e. The van der Waals surface area contributed by atoms with E-state index in [1.165, 1.54) is 5.56 Å². The van der Waals surface area contributed by atoms with Crippen molar-refractivity contribution in [3.63, 3.8) is 0 Å². The Kier molecular flexibility index (Phi) is 5.91. The van der Waals surface area contributed by atoms with Gasteiger partial charge in [-0.15, -0.1) is 0 Å². The van der Waals surface area contributed by atoms with Crippen LogP contribution in [0.4, 0.5) is 5.69 Å². The van der Waals surface area contributed by atoms with Gasteiger partial charge in [-0.3, -0.25) is 4.79 Å². The number of benzene rings is 3. The fourth-order valence-electron chi connectivity index (χ4n) is 4.27. The standard InChI is InChI=1S/C26H24ClNO3.CH4/c1-16(2)19-5-3-4-6-20(19)21-14-18(8-9-22(21)27)28-25(29)26(11-12-26)17-7-10-23-24(13-17)31-15-30-23;/h3-10,13-14,16H,11-12,15H2,1-2H3,(H,28,29);1H4. The third kappa shape index (κ3) is 3.84. The molecule has 1 fully saturated rings. The van der Waals surface area contributed by atoms with Gasteiger partial charge in [-0.2, -0.15) is 0 Å². The number of carbonyl (C=O) groups is 1. The molecule has 4 nitrogen and oxygen atoms in total. The molecular weight excluding hydrogens is 422 g/mol. The zero-order chi connectivity index (χ0) is 21.6. The van der Waals surface area contributed by atoms with Gasteiger partial charge in [0.25, 0.3) is 0 Å². The van der Waals surface area contributed by atoms with Crippen molar-refractivity contribution in [2.24, 2.45) is 0 Å². The highest BCUT2D eigenvalue weighted by Crippen LogP contribution is 2.51. The highest BCUT2D eigenvalue weighted by Gasteiger charge is 2.51. The Bertz CT molecular complexity index is 1170. The van der Waals surface area contributed by atoms with E-state index in [0.717, 1.165) is 41.0 Å². The number of nitrogens with one attached hydrogen (secondary N) is 1. The summed E-state index contributed by atoms with van der Waals surface area (Å²) in [5.74, 6) is 1.80. The van der Waals surface area contributed by atoms with Crippen molar-refractivity contribution in [1.29, 1.82) is 0 Å². The Balaban J connectivity index is 0.00000245. The molecule has 1 N–H and O–H groups in total. The molecule has 3 aromatic rings. The van der Waals surface area contributed by atoms with E-state index in [-0.39, 0.29) is 20.1 Å². The van der Waals surface area contributed by atoms with Gasteiger partial charge in [0.1, 0.15) is 0 Å². The van der Waals surface area contributed by atoms with Crippen LogP contribution < -0.4 is 14.8 Å². The number of ether oxygens (including phenoxy) is 2. The van der Waals surface area contributed by atoms with Gasteiger partial charge in [-0.05, 0) is 65.8 Å². The molecule has 0 spiro atoms. The van der Waals surface area contributed by atoms with Gasteiger partial charge in [-0.25, -0.2) is 0 Å². The van der Waals surface area contributed by atoms with Crippen LogP contribution in [0.5, 0.6) is 11.5 Å². The highest BCUT2D eigenvalue weighted by molar-refractivity contribution is 6.33. The Morgan fingerprint density at radius 2 is 1.72 bits per heavy atom. The zero-order valence-electron chi connectivity index (χ0n) is 17.6. The van der Waals surface area contributed by atoms with Crippen LogP contribution in [0, 0.1) is 0 Å². The van der Waals surface area contributed by atoms with E-state index in [9.17, 15) is 4.79 Å². The summed E-state index contributed by atoms with van der Waals surface area (Å²) in [6.07, 6.45) is 1.63. The molecule has 5 heteroatoms. The second-order valence-electron chi connectivity index (χ2n) is 8.54. The molecule has 3 aromatic carbocycles. The van der Waals surface area contributed by atoms with Crippen LogP contribution in [0.15, 0.2) is 60.7 Å². The average Bonchev–Trinajstić information content (AvgIpc) is 3.46. The van der Waals surface area contributed by atoms with Crippen molar-refractivity contribution in [2.75, 3.05) is 12.1 Å². The molecule has 1 heterocycles. The number of rotatable bonds is 5. The first kappa shape index (κ1) is 22.2. The Labute approximate surface area is 194 Å². The third-order valence-electron chi connectivity index (χ3n) is 6.21. The van der Waals surface area contributed by atoms with Crippen LogP contribution in [0.3, 0.4) is 0 Å². The molecule has 1 amide bonds. The first-order valence-electron chi connectivity index (χ1n) is 10.6. The Morgan fingerprint density at radius 1 is 0.969 bits per heavy atom. The second kappa shape index (κ2) is 8.51. The molecule has 1 saturated carbocycles. The lowest BCUT2D eigenvalue weighted by Gasteiger charge is -2.18. The van der Waals surface area contributed by atoms with Gasteiger partial charge < -0.3 is 14.8 Å². The van der Waals surface area contributed by atoms with Crippen LogP contribution >= 0.6 is 11.6 Å². The van der Waals surface area contributed by atoms with Crippen LogP contribution in [-0.4, -0.2) is 12.7 Å². The summed E-state index contributed by atoms with van der Waals surface area (Å²) in [5, 5.41) is 3.80.